The Balaban J connectivity index is 1.99. The molecule has 0 spiro atoms. The highest BCUT2D eigenvalue weighted by Gasteiger charge is 2.18. The summed E-state index contributed by atoms with van der Waals surface area (Å²) in [6, 6.07) is 14.5. The van der Waals surface area contributed by atoms with Gasteiger partial charge in [0, 0.05) is 16.7 Å². The molecule has 2 heterocycles. The van der Waals surface area contributed by atoms with Crippen LogP contribution in [0.15, 0.2) is 48.5 Å². The van der Waals surface area contributed by atoms with Gasteiger partial charge in [0.15, 0.2) is 0 Å². The third kappa shape index (κ3) is 1.76. The van der Waals surface area contributed by atoms with E-state index in [0.717, 1.165) is 11.3 Å². The fourth-order valence-corrected chi connectivity index (χ4v) is 2.41. The van der Waals surface area contributed by atoms with Crippen LogP contribution in [0.4, 0.5) is 0 Å². The smallest absolute Gasteiger partial charge is 0.270 e. The molecule has 0 amide bonds. The lowest BCUT2D eigenvalue weighted by Gasteiger charge is -2.02. The lowest BCUT2D eigenvalue weighted by molar-refractivity contribution is -0.640. The molecule has 4 rings (SSSR count). The van der Waals surface area contributed by atoms with Gasteiger partial charge < -0.3 is 9.94 Å². The summed E-state index contributed by atoms with van der Waals surface area (Å²) in [4.78, 5) is 0.598. The van der Waals surface area contributed by atoms with Crippen molar-refractivity contribution >= 4 is 16.7 Å². The molecule has 2 aromatic heterocycles. The Hall–Kier alpha value is -3.22. The first-order chi connectivity index (χ1) is 10.8. The molecular formula is C15H11N5O2. The summed E-state index contributed by atoms with van der Waals surface area (Å²) in [6.07, 6.45) is 0. The van der Waals surface area contributed by atoms with Gasteiger partial charge in [-0.05, 0) is 35.2 Å². The Morgan fingerprint density at radius 3 is 2.64 bits per heavy atom. The SMILES string of the molecule is COc1ccc(-c2nnn3c2n[n+]([O-])c2ccccc23)cc1. The minimum atomic E-state index is 0.416. The van der Waals surface area contributed by atoms with Gasteiger partial charge >= 0.3 is 0 Å². The van der Waals surface area contributed by atoms with Gasteiger partial charge in [-0.25, -0.2) is 0 Å². The van der Waals surface area contributed by atoms with E-state index in [2.05, 4.69) is 15.4 Å². The van der Waals surface area contributed by atoms with Crippen molar-refractivity contribution in [1.82, 2.24) is 19.9 Å². The van der Waals surface area contributed by atoms with Crippen LogP contribution in [0.25, 0.3) is 27.9 Å². The molecule has 0 N–H and O–H groups in total. The predicted molar refractivity (Wildman–Crippen MR) is 79.2 cm³/mol. The second-order valence-corrected chi connectivity index (χ2v) is 4.76. The van der Waals surface area contributed by atoms with E-state index in [0.29, 0.717) is 27.2 Å². The number of benzene rings is 2. The maximum Gasteiger partial charge on any atom is 0.270 e. The molecule has 0 aliphatic heterocycles. The van der Waals surface area contributed by atoms with Gasteiger partial charge in [-0.1, -0.05) is 17.3 Å². The number of aromatic nitrogens is 5. The number of rotatable bonds is 2. The van der Waals surface area contributed by atoms with Crippen LogP contribution in [-0.2, 0) is 0 Å². The third-order valence-corrected chi connectivity index (χ3v) is 3.51. The Labute approximate surface area is 125 Å². The number of nitrogens with zero attached hydrogens (tertiary/aromatic N) is 5. The summed E-state index contributed by atoms with van der Waals surface area (Å²) >= 11 is 0. The first kappa shape index (κ1) is 12.5. The molecule has 2 aromatic carbocycles. The van der Waals surface area contributed by atoms with Crippen LogP contribution in [0.1, 0.15) is 0 Å². The molecule has 7 nitrogen and oxygen atoms in total. The van der Waals surface area contributed by atoms with Crippen LogP contribution in [0.2, 0.25) is 0 Å². The monoisotopic (exact) mass is 293 g/mol. The number of hydrogen-bond donors (Lipinski definition) is 0. The summed E-state index contributed by atoms with van der Waals surface area (Å²) in [5.74, 6) is 0.748. The summed E-state index contributed by atoms with van der Waals surface area (Å²) in [7, 11) is 1.61. The molecule has 108 valence electrons. The third-order valence-electron chi connectivity index (χ3n) is 3.51. The molecule has 7 heteroatoms. The van der Waals surface area contributed by atoms with Gasteiger partial charge in [0.2, 0.25) is 0 Å². The summed E-state index contributed by atoms with van der Waals surface area (Å²) in [6.45, 7) is 0. The number of fused-ring (bicyclic) bond motifs is 3. The maximum absolute atomic E-state index is 12.1. The second-order valence-electron chi connectivity index (χ2n) is 4.76. The minimum Gasteiger partial charge on any atom is -0.594 e. The summed E-state index contributed by atoms with van der Waals surface area (Å²) in [5, 5.41) is 24.4. The molecule has 0 unspecified atom stereocenters. The highest BCUT2D eigenvalue weighted by Crippen LogP contribution is 2.24. The zero-order chi connectivity index (χ0) is 15.1. The second kappa shape index (κ2) is 4.66. The number of ether oxygens (including phenoxy) is 1. The highest BCUT2D eigenvalue weighted by atomic mass is 16.5. The largest absolute Gasteiger partial charge is 0.594 e. The quantitative estimate of drug-likeness (QED) is 0.414. The van der Waals surface area contributed by atoms with E-state index < -0.39 is 0 Å². The molecule has 0 radical (unpaired) electrons. The topological polar surface area (TPSA) is 79.2 Å². The van der Waals surface area contributed by atoms with Gasteiger partial charge in [0.1, 0.15) is 17.0 Å². The van der Waals surface area contributed by atoms with E-state index >= 15 is 0 Å². The minimum absolute atomic E-state index is 0.416. The molecular weight excluding hydrogens is 282 g/mol. The Bertz CT molecular complexity index is 978. The zero-order valence-corrected chi connectivity index (χ0v) is 11.7. The van der Waals surface area contributed by atoms with E-state index in [9.17, 15) is 5.21 Å². The summed E-state index contributed by atoms with van der Waals surface area (Å²) < 4.78 is 6.71. The number of hydrogen-bond acceptors (Lipinski definition) is 5. The number of methoxy groups -OCH3 is 1. The van der Waals surface area contributed by atoms with Crippen LogP contribution in [0, 0.1) is 5.21 Å². The van der Waals surface area contributed by atoms with E-state index in [1.807, 2.05) is 36.4 Å². The fourth-order valence-electron chi connectivity index (χ4n) is 2.41. The van der Waals surface area contributed by atoms with Crippen molar-refractivity contribution in [2.24, 2.45) is 0 Å². The molecule has 0 aliphatic carbocycles. The molecule has 0 fully saturated rings. The average molecular weight is 293 g/mol. The van der Waals surface area contributed by atoms with E-state index in [1.165, 1.54) is 0 Å². The van der Waals surface area contributed by atoms with Crippen molar-refractivity contribution in [3.8, 4) is 17.0 Å². The van der Waals surface area contributed by atoms with Crippen molar-refractivity contribution in [2.45, 2.75) is 0 Å². The lowest BCUT2D eigenvalue weighted by atomic mass is 10.1. The maximum atomic E-state index is 12.1. The molecule has 0 bridgehead atoms. The van der Waals surface area contributed by atoms with Crippen molar-refractivity contribution in [1.29, 1.82) is 0 Å². The van der Waals surface area contributed by atoms with Crippen molar-refractivity contribution in [2.75, 3.05) is 7.11 Å². The van der Waals surface area contributed by atoms with E-state index in [1.54, 1.807) is 23.8 Å². The zero-order valence-electron chi connectivity index (χ0n) is 11.7. The standard InChI is InChI=1S/C15H11N5O2/c1-22-11-8-6-10(7-9-11)14-15-17-20(21)13-5-3-2-4-12(13)19(15)18-16-14/h2-9H,1H3. The Morgan fingerprint density at radius 2 is 1.86 bits per heavy atom. The van der Waals surface area contributed by atoms with Crippen LogP contribution >= 0.6 is 0 Å². The highest BCUT2D eigenvalue weighted by molar-refractivity contribution is 5.79. The fraction of sp³-hybridized carbons (Fsp3) is 0.0667. The first-order valence-corrected chi connectivity index (χ1v) is 6.66. The van der Waals surface area contributed by atoms with E-state index in [-0.39, 0.29) is 0 Å². The van der Waals surface area contributed by atoms with Crippen molar-refractivity contribution in [3.05, 3.63) is 53.7 Å². The average Bonchev–Trinajstić information content (AvgIpc) is 2.99. The molecule has 0 saturated heterocycles. The van der Waals surface area contributed by atoms with Gasteiger partial charge in [-0.3, -0.25) is 0 Å². The van der Waals surface area contributed by atoms with Gasteiger partial charge in [0.25, 0.3) is 11.2 Å². The van der Waals surface area contributed by atoms with Crippen LogP contribution < -0.4 is 9.58 Å². The summed E-state index contributed by atoms with van der Waals surface area (Å²) in [5.41, 5.74) is 2.89. The lowest BCUT2D eigenvalue weighted by Crippen LogP contribution is -2.33. The van der Waals surface area contributed by atoms with Crippen LogP contribution in [-0.4, -0.2) is 27.0 Å². The molecule has 4 aromatic rings. The molecule has 22 heavy (non-hydrogen) atoms. The van der Waals surface area contributed by atoms with E-state index in [4.69, 9.17) is 4.74 Å². The normalized spacial score (nSPS) is 11.1. The van der Waals surface area contributed by atoms with Crippen LogP contribution in [0.3, 0.4) is 0 Å². The van der Waals surface area contributed by atoms with Crippen LogP contribution in [0.5, 0.6) is 5.75 Å². The number of para-hydroxylation sites is 2. The molecule has 0 aliphatic rings. The first-order valence-electron chi connectivity index (χ1n) is 6.66. The van der Waals surface area contributed by atoms with Gasteiger partial charge in [-0.15, -0.1) is 5.10 Å². The Kier molecular flexibility index (Phi) is 2.65. The Morgan fingerprint density at radius 1 is 1.09 bits per heavy atom. The van der Waals surface area contributed by atoms with Gasteiger partial charge in [0.05, 0.1) is 7.11 Å². The molecule has 0 saturated carbocycles. The van der Waals surface area contributed by atoms with Gasteiger partial charge in [-0.2, -0.15) is 4.52 Å². The van der Waals surface area contributed by atoms with Crippen molar-refractivity contribution in [3.63, 3.8) is 0 Å². The van der Waals surface area contributed by atoms with Crippen molar-refractivity contribution < 1.29 is 9.58 Å². The predicted octanol–water partition coefficient (Wildman–Crippen LogP) is 1.59. The molecule has 0 atom stereocenters.